The summed E-state index contributed by atoms with van der Waals surface area (Å²) in [7, 11) is 0. The van der Waals surface area contributed by atoms with Crippen molar-refractivity contribution in [2.24, 2.45) is 0 Å². The molecule has 9 heteroatoms. The van der Waals surface area contributed by atoms with Gasteiger partial charge in [-0.15, -0.1) is 0 Å². The van der Waals surface area contributed by atoms with Crippen LogP contribution in [-0.4, -0.2) is 21.6 Å². The van der Waals surface area contributed by atoms with Crippen molar-refractivity contribution in [1.82, 2.24) is 9.55 Å². The second kappa shape index (κ2) is 7.31. The van der Waals surface area contributed by atoms with Gasteiger partial charge in [-0.25, -0.2) is 4.98 Å². The quantitative estimate of drug-likeness (QED) is 0.629. The average Bonchev–Trinajstić information content (AvgIpc) is 2.92. The molecular weight excluding hydrogens is 389 g/mol. The number of hydrogen-bond acceptors (Lipinski definition) is 3. The van der Waals surface area contributed by atoms with E-state index < -0.39 is 18.6 Å². The predicted octanol–water partition coefficient (Wildman–Crippen LogP) is 3.75. The largest absolute Gasteiger partial charge is 0.406 e. The van der Waals surface area contributed by atoms with Gasteiger partial charge in [-0.1, -0.05) is 12.1 Å². The minimum atomic E-state index is -4.44. The fraction of sp³-hybridized carbons (Fsp3) is 0.133. The molecule has 2 aromatic rings. The molecule has 0 bridgehead atoms. The van der Waals surface area contributed by atoms with E-state index in [9.17, 15) is 18.0 Å². The van der Waals surface area contributed by atoms with Crippen LogP contribution >= 0.6 is 15.9 Å². The highest BCUT2D eigenvalue weighted by molar-refractivity contribution is 9.10. The zero-order valence-electron chi connectivity index (χ0n) is 12.0. The van der Waals surface area contributed by atoms with Crippen molar-refractivity contribution in [3.05, 3.63) is 52.5 Å². The first kappa shape index (κ1) is 17.7. The fourth-order valence-corrected chi connectivity index (χ4v) is 2.20. The maximum absolute atomic E-state index is 12.5. The van der Waals surface area contributed by atoms with Gasteiger partial charge in [-0.3, -0.25) is 4.79 Å². The number of nitrogens with zero attached hydrogens (tertiary/aromatic N) is 3. The van der Waals surface area contributed by atoms with Gasteiger partial charge in [0.05, 0.1) is 5.69 Å². The number of carbonyl (C=O) groups excluding carboxylic acids is 1. The van der Waals surface area contributed by atoms with E-state index in [1.807, 2.05) is 0 Å². The van der Waals surface area contributed by atoms with Crippen molar-refractivity contribution < 1.29 is 18.0 Å². The summed E-state index contributed by atoms with van der Waals surface area (Å²) in [5, 5.41) is 11.6. The lowest BCUT2D eigenvalue weighted by atomic mass is 10.2. The van der Waals surface area contributed by atoms with Gasteiger partial charge >= 0.3 is 6.18 Å². The van der Waals surface area contributed by atoms with Crippen LogP contribution in [-0.2, 0) is 11.3 Å². The Morgan fingerprint density at radius 1 is 1.42 bits per heavy atom. The number of carbonyl (C=O) groups is 1. The molecule has 24 heavy (non-hydrogen) atoms. The monoisotopic (exact) mass is 398 g/mol. The van der Waals surface area contributed by atoms with E-state index in [1.165, 1.54) is 0 Å². The van der Waals surface area contributed by atoms with Crippen LogP contribution in [0.25, 0.3) is 6.08 Å². The Kier molecular flexibility index (Phi) is 5.41. The van der Waals surface area contributed by atoms with Crippen molar-refractivity contribution in [1.29, 1.82) is 5.26 Å². The summed E-state index contributed by atoms with van der Waals surface area (Å²) >= 11 is 3.24. The second-order valence-corrected chi connectivity index (χ2v) is 5.49. The Balaban J connectivity index is 2.24. The van der Waals surface area contributed by atoms with Crippen LogP contribution in [0.2, 0.25) is 0 Å². The predicted molar refractivity (Wildman–Crippen MR) is 84.6 cm³/mol. The number of halogens is 4. The van der Waals surface area contributed by atoms with Gasteiger partial charge in [0.2, 0.25) is 0 Å². The third-order valence-corrected chi connectivity index (χ3v) is 3.55. The Labute approximate surface area is 143 Å². The van der Waals surface area contributed by atoms with Crippen LogP contribution < -0.4 is 5.32 Å². The molecule has 124 valence electrons. The van der Waals surface area contributed by atoms with Gasteiger partial charge in [-0.05, 0) is 28.1 Å². The zero-order chi connectivity index (χ0) is 17.7. The number of anilines is 1. The molecule has 0 atom stereocenters. The van der Waals surface area contributed by atoms with Crippen LogP contribution in [0.1, 0.15) is 5.82 Å². The molecule has 0 saturated heterocycles. The number of amides is 1. The van der Waals surface area contributed by atoms with E-state index in [4.69, 9.17) is 5.26 Å². The molecule has 5 nitrogen and oxygen atoms in total. The topological polar surface area (TPSA) is 70.7 Å². The van der Waals surface area contributed by atoms with Crippen molar-refractivity contribution in [2.75, 3.05) is 5.32 Å². The summed E-state index contributed by atoms with van der Waals surface area (Å²) in [6, 6.07) is 8.41. The smallest absolute Gasteiger partial charge is 0.322 e. The first-order valence-corrected chi connectivity index (χ1v) is 7.35. The third kappa shape index (κ3) is 4.70. The number of aromatic nitrogens is 2. The third-order valence-electron chi connectivity index (χ3n) is 2.86. The van der Waals surface area contributed by atoms with Crippen LogP contribution in [0.15, 0.2) is 46.7 Å². The van der Waals surface area contributed by atoms with E-state index in [0.717, 1.165) is 23.0 Å². The molecular formula is C15H10BrF3N4O. The van der Waals surface area contributed by atoms with Gasteiger partial charge in [0.15, 0.2) is 0 Å². The van der Waals surface area contributed by atoms with Crippen LogP contribution in [0.5, 0.6) is 0 Å². The number of hydrogen-bond donors (Lipinski definition) is 1. The SMILES string of the molecule is N#C/C(=C\c1nccn1CC(F)(F)F)C(=O)Nc1ccccc1Br. The number of benzene rings is 1. The highest BCUT2D eigenvalue weighted by Gasteiger charge is 2.28. The van der Waals surface area contributed by atoms with Crippen LogP contribution in [0.3, 0.4) is 0 Å². The molecule has 1 amide bonds. The summed E-state index contributed by atoms with van der Waals surface area (Å²) in [4.78, 5) is 15.9. The molecule has 0 aliphatic carbocycles. The minimum absolute atomic E-state index is 0.133. The van der Waals surface area contributed by atoms with Gasteiger partial charge in [-0.2, -0.15) is 18.4 Å². The molecule has 0 radical (unpaired) electrons. The number of nitriles is 1. The van der Waals surface area contributed by atoms with Crippen molar-refractivity contribution in [3.8, 4) is 6.07 Å². The zero-order valence-corrected chi connectivity index (χ0v) is 13.6. The molecule has 0 aliphatic rings. The van der Waals surface area contributed by atoms with E-state index >= 15 is 0 Å². The number of alkyl halides is 3. The number of rotatable bonds is 4. The normalized spacial score (nSPS) is 11.9. The Bertz CT molecular complexity index is 821. The Morgan fingerprint density at radius 2 is 2.12 bits per heavy atom. The summed E-state index contributed by atoms with van der Waals surface area (Å²) in [5.74, 6) is -0.878. The summed E-state index contributed by atoms with van der Waals surface area (Å²) in [5.41, 5.74) is 0.0719. The van der Waals surface area contributed by atoms with Crippen LogP contribution in [0, 0.1) is 11.3 Å². The standard InChI is InChI=1S/C15H10BrF3N4O/c16-11-3-1-2-4-12(11)22-14(24)10(8-20)7-13-21-5-6-23(13)9-15(17,18)19/h1-7H,9H2,(H,22,24)/b10-7+. The van der Waals surface area contributed by atoms with E-state index in [2.05, 4.69) is 26.2 Å². The Morgan fingerprint density at radius 3 is 2.75 bits per heavy atom. The highest BCUT2D eigenvalue weighted by atomic mass is 79.9. The maximum atomic E-state index is 12.5. The number of para-hydroxylation sites is 1. The van der Waals surface area contributed by atoms with Crippen molar-refractivity contribution in [2.45, 2.75) is 12.7 Å². The number of imidazole rings is 1. The molecule has 1 aromatic carbocycles. The molecule has 1 heterocycles. The lowest BCUT2D eigenvalue weighted by Crippen LogP contribution is -2.18. The lowest BCUT2D eigenvalue weighted by molar-refractivity contribution is -0.140. The molecule has 1 N–H and O–H groups in total. The second-order valence-electron chi connectivity index (χ2n) is 4.63. The van der Waals surface area contributed by atoms with Gasteiger partial charge < -0.3 is 9.88 Å². The van der Waals surface area contributed by atoms with Gasteiger partial charge in [0.25, 0.3) is 5.91 Å². The molecule has 0 aliphatic heterocycles. The first-order valence-electron chi connectivity index (χ1n) is 6.56. The average molecular weight is 399 g/mol. The molecule has 2 rings (SSSR count). The molecule has 0 fully saturated rings. The first-order chi connectivity index (χ1) is 11.3. The van der Waals surface area contributed by atoms with Crippen molar-refractivity contribution >= 4 is 33.6 Å². The summed E-state index contributed by atoms with van der Waals surface area (Å²) in [6.07, 6.45) is -1.14. The lowest BCUT2D eigenvalue weighted by Gasteiger charge is -2.09. The maximum Gasteiger partial charge on any atom is 0.406 e. The minimum Gasteiger partial charge on any atom is -0.322 e. The van der Waals surface area contributed by atoms with Gasteiger partial charge in [0, 0.05) is 22.9 Å². The van der Waals surface area contributed by atoms with Crippen LogP contribution in [0.4, 0.5) is 18.9 Å². The highest BCUT2D eigenvalue weighted by Crippen LogP contribution is 2.22. The molecule has 1 aromatic heterocycles. The Hall–Kier alpha value is -2.60. The van der Waals surface area contributed by atoms with E-state index in [-0.39, 0.29) is 11.4 Å². The fourth-order valence-electron chi connectivity index (χ4n) is 1.82. The molecule has 0 unspecified atom stereocenters. The summed E-state index contributed by atoms with van der Waals surface area (Å²) in [6.45, 7) is -1.26. The summed E-state index contributed by atoms with van der Waals surface area (Å²) < 4.78 is 38.9. The number of nitrogens with one attached hydrogen (secondary N) is 1. The van der Waals surface area contributed by atoms with E-state index in [0.29, 0.717) is 10.2 Å². The molecule has 0 saturated carbocycles. The van der Waals surface area contributed by atoms with Gasteiger partial charge in [0.1, 0.15) is 24.0 Å². The van der Waals surface area contributed by atoms with Crippen molar-refractivity contribution in [3.63, 3.8) is 0 Å². The van der Waals surface area contributed by atoms with E-state index in [1.54, 1.807) is 30.3 Å². The molecule has 0 spiro atoms.